The van der Waals surface area contributed by atoms with Crippen molar-refractivity contribution in [3.05, 3.63) is 35.9 Å². The number of hydrogen-bond donors (Lipinski definition) is 1. The van der Waals surface area contributed by atoms with E-state index in [4.69, 9.17) is 5.73 Å². The van der Waals surface area contributed by atoms with E-state index in [9.17, 15) is 18.0 Å². The molecule has 0 aromatic heterocycles. The number of benzene rings is 1. The van der Waals surface area contributed by atoms with Gasteiger partial charge < -0.3 is 10.6 Å². The van der Waals surface area contributed by atoms with Gasteiger partial charge in [0.15, 0.2) is 0 Å². The molecule has 0 heterocycles. The Bertz CT molecular complexity index is 458. The summed E-state index contributed by atoms with van der Waals surface area (Å²) in [6.07, 6.45) is -3.23. The van der Waals surface area contributed by atoms with Gasteiger partial charge in [0, 0.05) is 6.54 Å². The molecule has 21 heavy (non-hydrogen) atoms. The average Bonchev–Trinajstić information content (AvgIpc) is 2.42. The van der Waals surface area contributed by atoms with Crippen LogP contribution in [-0.2, 0) is 10.3 Å². The second kappa shape index (κ2) is 6.93. The maximum absolute atomic E-state index is 12.6. The summed E-state index contributed by atoms with van der Waals surface area (Å²) in [4.78, 5) is 13.3. The Morgan fingerprint density at radius 3 is 2.29 bits per heavy atom. The zero-order valence-electron chi connectivity index (χ0n) is 12.3. The lowest BCUT2D eigenvalue weighted by Gasteiger charge is -2.32. The molecular weight excluding hydrogens is 281 g/mol. The first-order chi connectivity index (χ1) is 9.68. The number of nitrogens with two attached hydrogens (primary N) is 1. The summed E-state index contributed by atoms with van der Waals surface area (Å²) in [7, 11) is 0. The number of alkyl halides is 3. The molecule has 0 bridgehead atoms. The van der Waals surface area contributed by atoms with Crippen LogP contribution in [0.25, 0.3) is 0 Å². The molecular formula is C15H21F3N2O. The van der Waals surface area contributed by atoms with Gasteiger partial charge in [-0.3, -0.25) is 4.79 Å². The minimum Gasteiger partial charge on any atom is -0.332 e. The molecule has 1 rings (SSSR count). The van der Waals surface area contributed by atoms with Crippen LogP contribution in [0.2, 0.25) is 0 Å². The van der Waals surface area contributed by atoms with Crippen molar-refractivity contribution in [2.24, 2.45) is 5.73 Å². The molecule has 2 N–H and O–H groups in total. The number of carbonyl (C=O) groups excluding carboxylic acids is 1. The summed E-state index contributed by atoms with van der Waals surface area (Å²) in [6.45, 7) is 2.08. The molecule has 0 aliphatic carbocycles. The summed E-state index contributed by atoms with van der Waals surface area (Å²) in [5.41, 5.74) is 5.04. The maximum atomic E-state index is 12.6. The summed E-state index contributed by atoms with van der Waals surface area (Å²) in [6, 6.07) is 8.45. The van der Waals surface area contributed by atoms with E-state index in [1.807, 2.05) is 6.92 Å². The van der Waals surface area contributed by atoms with Gasteiger partial charge in [-0.1, -0.05) is 43.7 Å². The van der Waals surface area contributed by atoms with E-state index < -0.39 is 24.2 Å². The highest BCUT2D eigenvalue weighted by molar-refractivity contribution is 5.87. The van der Waals surface area contributed by atoms with Crippen LogP contribution in [0.5, 0.6) is 0 Å². The molecule has 0 spiro atoms. The predicted octanol–water partition coefficient (Wildman–Crippen LogP) is 3.05. The molecule has 1 unspecified atom stereocenters. The fourth-order valence-electron chi connectivity index (χ4n) is 2.05. The molecule has 1 atom stereocenters. The van der Waals surface area contributed by atoms with Crippen LogP contribution in [-0.4, -0.2) is 30.1 Å². The average molecular weight is 302 g/mol. The number of unbranched alkanes of at least 4 members (excludes halogenated alkanes) is 1. The Morgan fingerprint density at radius 2 is 1.81 bits per heavy atom. The second-order valence-corrected chi connectivity index (χ2v) is 5.26. The van der Waals surface area contributed by atoms with Gasteiger partial charge in [0.1, 0.15) is 12.1 Å². The third-order valence-corrected chi connectivity index (χ3v) is 3.26. The third-order valence-electron chi connectivity index (χ3n) is 3.26. The van der Waals surface area contributed by atoms with Crippen molar-refractivity contribution < 1.29 is 18.0 Å². The first kappa shape index (κ1) is 17.5. The van der Waals surface area contributed by atoms with E-state index in [1.165, 1.54) is 6.92 Å². The third kappa shape index (κ3) is 5.04. The molecule has 1 aromatic carbocycles. The summed E-state index contributed by atoms with van der Waals surface area (Å²) < 4.78 is 37.9. The zero-order valence-corrected chi connectivity index (χ0v) is 12.3. The van der Waals surface area contributed by atoms with Gasteiger partial charge in [-0.15, -0.1) is 0 Å². The molecule has 0 aliphatic rings. The first-order valence-electron chi connectivity index (χ1n) is 6.89. The Balaban J connectivity index is 2.98. The maximum Gasteiger partial charge on any atom is 0.406 e. The molecule has 1 amide bonds. The molecule has 0 radical (unpaired) electrons. The molecule has 3 nitrogen and oxygen atoms in total. The highest BCUT2D eigenvalue weighted by Crippen LogP contribution is 2.24. The number of nitrogens with zero attached hydrogens (tertiary/aromatic N) is 1. The van der Waals surface area contributed by atoms with Crippen molar-refractivity contribution in [2.75, 3.05) is 13.1 Å². The normalized spacial score (nSPS) is 14.6. The molecule has 0 saturated carbocycles. The number of hydrogen-bond acceptors (Lipinski definition) is 2. The predicted molar refractivity (Wildman–Crippen MR) is 75.5 cm³/mol. The number of amides is 1. The molecule has 118 valence electrons. The number of rotatable bonds is 6. The smallest absolute Gasteiger partial charge is 0.332 e. The van der Waals surface area contributed by atoms with Gasteiger partial charge in [0.05, 0.1) is 0 Å². The molecule has 6 heteroatoms. The van der Waals surface area contributed by atoms with Crippen molar-refractivity contribution in [2.45, 2.75) is 38.4 Å². The number of carbonyl (C=O) groups is 1. The second-order valence-electron chi connectivity index (χ2n) is 5.26. The van der Waals surface area contributed by atoms with Crippen molar-refractivity contribution in [1.29, 1.82) is 0 Å². The highest BCUT2D eigenvalue weighted by atomic mass is 19.4. The van der Waals surface area contributed by atoms with E-state index in [-0.39, 0.29) is 6.54 Å². The van der Waals surface area contributed by atoms with Crippen LogP contribution in [0.1, 0.15) is 32.3 Å². The molecule has 0 saturated heterocycles. The lowest BCUT2D eigenvalue weighted by molar-refractivity contribution is -0.164. The topological polar surface area (TPSA) is 46.3 Å². The van der Waals surface area contributed by atoms with Crippen molar-refractivity contribution in [1.82, 2.24) is 4.90 Å². The fourth-order valence-corrected chi connectivity index (χ4v) is 2.05. The van der Waals surface area contributed by atoms with Crippen LogP contribution in [0.15, 0.2) is 30.3 Å². The van der Waals surface area contributed by atoms with Crippen molar-refractivity contribution in [3.8, 4) is 0 Å². The van der Waals surface area contributed by atoms with Crippen LogP contribution >= 0.6 is 0 Å². The van der Waals surface area contributed by atoms with Gasteiger partial charge in [-0.05, 0) is 18.9 Å². The fraction of sp³-hybridized carbons (Fsp3) is 0.533. The molecule has 0 fully saturated rings. The minimum atomic E-state index is -4.43. The summed E-state index contributed by atoms with van der Waals surface area (Å²) in [5.74, 6) is -0.709. The van der Waals surface area contributed by atoms with E-state index in [1.54, 1.807) is 30.3 Å². The summed E-state index contributed by atoms with van der Waals surface area (Å²) >= 11 is 0. The van der Waals surface area contributed by atoms with Crippen LogP contribution < -0.4 is 5.73 Å². The Hall–Kier alpha value is -1.56. The lowest BCUT2D eigenvalue weighted by Crippen LogP contribution is -2.53. The molecule has 1 aromatic rings. The van der Waals surface area contributed by atoms with Crippen LogP contribution in [0, 0.1) is 0 Å². The Morgan fingerprint density at radius 1 is 1.24 bits per heavy atom. The van der Waals surface area contributed by atoms with E-state index >= 15 is 0 Å². The highest BCUT2D eigenvalue weighted by Gasteiger charge is 2.39. The van der Waals surface area contributed by atoms with Gasteiger partial charge in [0.25, 0.3) is 0 Å². The van der Waals surface area contributed by atoms with E-state index in [2.05, 4.69) is 0 Å². The van der Waals surface area contributed by atoms with Gasteiger partial charge >= 0.3 is 6.18 Å². The lowest BCUT2D eigenvalue weighted by atomic mass is 9.91. The first-order valence-corrected chi connectivity index (χ1v) is 6.89. The van der Waals surface area contributed by atoms with Crippen LogP contribution in [0.4, 0.5) is 13.2 Å². The van der Waals surface area contributed by atoms with Gasteiger partial charge in [0.2, 0.25) is 5.91 Å². The van der Waals surface area contributed by atoms with E-state index in [0.29, 0.717) is 18.4 Å². The zero-order chi connectivity index (χ0) is 16.1. The quantitative estimate of drug-likeness (QED) is 0.878. The largest absolute Gasteiger partial charge is 0.406 e. The SMILES string of the molecule is CCCCN(CC(F)(F)F)C(=O)C(C)(N)c1ccccc1. The van der Waals surface area contributed by atoms with E-state index in [0.717, 1.165) is 4.90 Å². The van der Waals surface area contributed by atoms with Gasteiger partial charge in [-0.2, -0.15) is 13.2 Å². The summed E-state index contributed by atoms with van der Waals surface area (Å²) in [5, 5.41) is 0. The Labute approximate surface area is 122 Å². The van der Waals surface area contributed by atoms with Crippen molar-refractivity contribution >= 4 is 5.91 Å². The number of halogens is 3. The minimum absolute atomic E-state index is 0.0501. The Kier molecular flexibility index (Phi) is 5.78. The standard InChI is InChI=1S/C15H21F3N2O/c1-3-4-10-20(11-15(16,17)18)13(21)14(2,19)12-8-6-5-7-9-12/h5-9H,3-4,10-11,19H2,1-2H3. The van der Waals surface area contributed by atoms with Crippen molar-refractivity contribution in [3.63, 3.8) is 0 Å². The monoisotopic (exact) mass is 302 g/mol. The molecule has 0 aliphatic heterocycles. The van der Waals surface area contributed by atoms with Gasteiger partial charge in [-0.25, -0.2) is 0 Å². The van der Waals surface area contributed by atoms with Crippen LogP contribution in [0.3, 0.4) is 0 Å².